The van der Waals surface area contributed by atoms with Crippen molar-refractivity contribution in [2.24, 2.45) is 0 Å². The van der Waals surface area contributed by atoms with E-state index in [0.717, 1.165) is 13.0 Å². The van der Waals surface area contributed by atoms with Gasteiger partial charge in [0, 0.05) is 20.1 Å². The fourth-order valence-corrected chi connectivity index (χ4v) is 2.31. The monoisotopic (exact) mass is 271 g/mol. The lowest BCUT2D eigenvalue weighted by atomic mass is 9.94. The first-order valence-corrected chi connectivity index (χ1v) is 6.51. The third-order valence-electron chi connectivity index (χ3n) is 3.33. The molecule has 0 spiro atoms. The number of aromatic nitrogens is 2. The first kappa shape index (κ1) is 14.4. The lowest BCUT2D eigenvalue weighted by Crippen LogP contribution is -2.50. The molecule has 0 aromatic carbocycles. The molecule has 0 radical (unpaired) electrons. The van der Waals surface area contributed by atoms with Crippen molar-refractivity contribution in [3.05, 3.63) is 11.7 Å². The number of aliphatic hydroxyl groups is 2. The van der Waals surface area contributed by atoms with Gasteiger partial charge in [-0.05, 0) is 19.4 Å². The van der Waals surface area contributed by atoms with Gasteiger partial charge in [0.15, 0.2) is 5.82 Å². The van der Waals surface area contributed by atoms with Crippen LogP contribution in [-0.2, 0) is 17.7 Å². The Kier molecular flexibility index (Phi) is 4.87. The highest BCUT2D eigenvalue weighted by molar-refractivity contribution is 4.91. The second-order valence-electron chi connectivity index (χ2n) is 5.04. The Bertz CT molecular complexity index is 398. The summed E-state index contributed by atoms with van der Waals surface area (Å²) in [7, 11) is 1.63. The topological polar surface area (TPSA) is 91.9 Å². The highest BCUT2D eigenvalue weighted by atomic mass is 16.5. The maximum Gasteiger partial charge on any atom is 0.240 e. The van der Waals surface area contributed by atoms with Crippen molar-refractivity contribution in [2.45, 2.75) is 31.4 Å². The van der Waals surface area contributed by atoms with Crippen LogP contribution in [0, 0.1) is 0 Å². The maximum atomic E-state index is 10.1. The number of likely N-dealkylation sites (tertiary alicyclic amines) is 1. The van der Waals surface area contributed by atoms with Crippen molar-refractivity contribution in [2.75, 3.05) is 33.4 Å². The standard InChI is InChI=1S/C12H21N3O4/c1-18-6-3-10-13-11(19-14-10)7-15-5-2-4-12(17,8-15)9-16/h16-17H,2-9H2,1H3/t12-/m1/s1. The summed E-state index contributed by atoms with van der Waals surface area (Å²) in [6.45, 7) is 2.14. The van der Waals surface area contributed by atoms with E-state index in [1.54, 1.807) is 7.11 Å². The summed E-state index contributed by atoms with van der Waals surface area (Å²) in [5, 5.41) is 23.1. The Labute approximate surface area is 112 Å². The first-order chi connectivity index (χ1) is 9.15. The minimum absolute atomic E-state index is 0.216. The smallest absolute Gasteiger partial charge is 0.240 e. The number of piperidine rings is 1. The molecule has 7 nitrogen and oxygen atoms in total. The fraction of sp³-hybridized carbons (Fsp3) is 0.833. The number of methoxy groups -OCH3 is 1. The van der Waals surface area contributed by atoms with Gasteiger partial charge in [-0.3, -0.25) is 4.90 Å². The molecule has 1 aromatic heterocycles. The first-order valence-electron chi connectivity index (χ1n) is 6.51. The summed E-state index contributed by atoms with van der Waals surface area (Å²) in [4.78, 5) is 6.29. The minimum Gasteiger partial charge on any atom is -0.393 e. The van der Waals surface area contributed by atoms with Gasteiger partial charge in [0.1, 0.15) is 5.60 Å². The SMILES string of the molecule is COCCc1noc(CN2CCC[C@](O)(CO)C2)n1. The quantitative estimate of drug-likeness (QED) is 0.725. The van der Waals surface area contributed by atoms with Crippen molar-refractivity contribution >= 4 is 0 Å². The van der Waals surface area contributed by atoms with Gasteiger partial charge in [-0.15, -0.1) is 0 Å². The molecule has 1 atom stereocenters. The molecular formula is C12H21N3O4. The van der Waals surface area contributed by atoms with Crippen LogP contribution in [-0.4, -0.2) is 64.3 Å². The second kappa shape index (κ2) is 6.42. The highest BCUT2D eigenvalue weighted by Gasteiger charge is 2.33. The molecule has 19 heavy (non-hydrogen) atoms. The zero-order chi connectivity index (χ0) is 13.7. The van der Waals surface area contributed by atoms with E-state index in [1.807, 2.05) is 4.90 Å². The van der Waals surface area contributed by atoms with Crippen LogP contribution in [0.3, 0.4) is 0 Å². The number of rotatable bonds is 6. The third-order valence-corrected chi connectivity index (χ3v) is 3.33. The predicted octanol–water partition coefficient (Wildman–Crippen LogP) is -0.422. The molecule has 0 saturated carbocycles. The van der Waals surface area contributed by atoms with Crippen molar-refractivity contribution in [3.8, 4) is 0 Å². The molecule has 1 fully saturated rings. The van der Waals surface area contributed by atoms with Crippen molar-refractivity contribution in [1.82, 2.24) is 15.0 Å². The van der Waals surface area contributed by atoms with Crippen molar-refractivity contribution < 1.29 is 19.5 Å². The Balaban J connectivity index is 1.88. The Morgan fingerprint density at radius 3 is 3.11 bits per heavy atom. The van der Waals surface area contributed by atoms with E-state index in [4.69, 9.17) is 9.26 Å². The molecule has 108 valence electrons. The van der Waals surface area contributed by atoms with Gasteiger partial charge in [0.2, 0.25) is 5.89 Å². The van der Waals surface area contributed by atoms with E-state index < -0.39 is 5.60 Å². The van der Waals surface area contributed by atoms with Crippen molar-refractivity contribution in [3.63, 3.8) is 0 Å². The number of hydrogen-bond acceptors (Lipinski definition) is 7. The molecule has 0 aliphatic carbocycles. The largest absolute Gasteiger partial charge is 0.393 e. The van der Waals surface area contributed by atoms with Crippen LogP contribution in [0.2, 0.25) is 0 Å². The average molecular weight is 271 g/mol. The number of aliphatic hydroxyl groups excluding tert-OH is 1. The van der Waals surface area contributed by atoms with Gasteiger partial charge in [-0.1, -0.05) is 5.16 Å². The predicted molar refractivity (Wildman–Crippen MR) is 66.4 cm³/mol. The lowest BCUT2D eigenvalue weighted by molar-refractivity contribution is -0.0702. The number of β-amino-alcohol motifs (C(OH)–C–C–N with tert-alkyl or cyclic N) is 1. The highest BCUT2D eigenvalue weighted by Crippen LogP contribution is 2.21. The summed E-state index contributed by atoms with van der Waals surface area (Å²) in [5.74, 6) is 1.17. The van der Waals surface area contributed by atoms with E-state index in [2.05, 4.69) is 10.1 Å². The van der Waals surface area contributed by atoms with Crippen LogP contribution in [0.5, 0.6) is 0 Å². The molecule has 7 heteroatoms. The van der Waals surface area contributed by atoms with Gasteiger partial charge in [-0.2, -0.15) is 4.98 Å². The summed E-state index contributed by atoms with van der Waals surface area (Å²) >= 11 is 0. The molecule has 2 rings (SSSR count). The van der Waals surface area contributed by atoms with Crippen LogP contribution in [0.1, 0.15) is 24.6 Å². The Morgan fingerprint density at radius 1 is 1.53 bits per heavy atom. The minimum atomic E-state index is -1.00. The van der Waals surface area contributed by atoms with Crippen LogP contribution in [0.4, 0.5) is 0 Å². The van der Waals surface area contributed by atoms with Gasteiger partial charge >= 0.3 is 0 Å². The molecular weight excluding hydrogens is 250 g/mol. The Morgan fingerprint density at radius 2 is 2.37 bits per heavy atom. The van der Waals surface area contributed by atoms with E-state index in [9.17, 15) is 10.2 Å². The molecule has 2 N–H and O–H groups in total. The van der Waals surface area contributed by atoms with Crippen LogP contribution in [0.25, 0.3) is 0 Å². The van der Waals surface area contributed by atoms with Crippen LogP contribution in [0.15, 0.2) is 4.52 Å². The molecule has 0 amide bonds. The van der Waals surface area contributed by atoms with Crippen LogP contribution < -0.4 is 0 Å². The summed E-state index contributed by atoms with van der Waals surface area (Å²) in [5.41, 5.74) is -1.00. The average Bonchev–Trinajstić information content (AvgIpc) is 2.84. The molecule has 1 saturated heterocycles. The summed E-state index contributed by atoms with van der Waals surface area (Å²) in [6.07, 6.45) is 2.10. The summed E-state index contributed by atoms with van der Waals surface area (Å²) < 4.78 is 10.1. The number of hydrogen-bond donors (Lipinski definition) is 2. The molecule has 1 aromatic rings. The molecule has 2 heterocycles. The van der Waals surface area contributed by atoms with Gasteiger partial charge in [-0.25, -0.2) is 0 Å². The molecule has 0 bridgehead atoms. The zero-order valence-corrected chi connectivity index (χ0v) is 11.2. The van der Waals surface area contributed by atoms with Gasteiger partial charge < -0.3 is 19.5 Å². The van der Waals surface area contributed by atoms with E-state index in [-0.39, 0.29) is 6.61 Å². The second-order valence-corrected chi connectivity index (χ2v) is 5.04. The third kappa shape index (κ3) is 3.97. The molecule has 1 aliphatic heterocycles. The normalized spacial score (nSPS) is 24.8. The van der Waals surface area contributed by atoms with Crippen LogP contribution >= 0.6 is 0 Å². The summed E-state index contributed by atoms with van der Waals surface area (Å²) in [6, 6.07) is 0. The van der Waals surface area contributed by atoms with E-state index in [1.165, 1.54) is 0 Å². The van der Waals surface area contributed by atoms with E-state index in [0.29, 0.717) is 44.3 Å². The Hall–Kier alpha value is -1.02. The van der Waals surface area contributed by atoms with Gasteiger partial charge in [0.25, 0.3) is 0 Å². The number of ether oxygens (including phenoxy) is 1. The van der Waals surface area contributed by atoms with Crippen molar-refractivity contribution in [1.29, 1.82) is 0 Å². The molecule has 0 unspecified atom stereocenters. The zero-order valence-electron chi connectivity index (χ0n) is 11.2. The van der Waals surface area contributed by atoms with Gasteiger partial charge in [0.05, 0.1) is 19.8 Å². The lowest BCUT2D eigenvalue weighted by Gasteiger charge is -2.37. The van der Waals surface area contributed by atoms with E-state index >= 15 is 0 Å². The maximum absolute atomic E-state index is 10.1. The number of nitrogens with zero attached hydrogens (tertiary/aromatic N) is 3. The fourth-order valence-electron chi connectivity index (χ4n) is 2.31. The molecule has 1 aliphatic rings.